The standard InChI is InChI=1S/C13H16N2O/c14-8-11-2-4-12(5-3-11)15-9-13(10-16)6-1-7-13/h2-5,15-16H,1,6-7,9-10H2. The van der Waals surface area contributed by atoms with Crippen molar-refractivity contribution in [3.63, 3.8) is 0 Å². The second-order valence-corrected chi connectivity index (χ2v) is 4.55. The highest BCUT2D eigenvalue weighted by Gasteiger charge is 2.35. The summed E-state index contributed by atoms with van der Waals surface area (Å²) in [7, 11) is 0. The minimum Gasteiger partial charge on any atom is -0.396 e. The summed E-state index contributed by atoms with van der Waals surface area (Å²) in [6.07, 6.45) is 3.43. The van der Waals surface area contributed by atoms with Crippen LogP contribution in [0.4, 0.5) is 5.69 Å². The Labute approximate surface area is 95.7 Å². The van der Waals surface area contributed by atoms with Gasteiger partial charge in [-0.15, -0.1) is 0 Å². The van der Waals surface area contributed by atoms with Crippen molar-refractivity contribution in [2.75, 3.05) is 18.5 Å². The van der Waals surface area contributed by atoms with Crippen molar-refractivity contribution in [1.29, 1.82) is 5.26 Å². The molecule has 16 heavy (non-hydrogen) atoms. The van der Waals surface area contributed by atoms with Crippen molar-refractivity contribution < 1.29 is 5.11 Å². The molecule has 3 nitrogen and oxygen atoms in total. The van der Waals surface area contributed by atoms with E-state index in [2.05, 4.69) is 11.4 Å². The van der Waals surface area contributed by atoms with Crippen LogP contribution >= 0.6 is 0 Å². The van der Waals surface area contributed by atoms with Crippen LogP contribution in [-0.4, -0.2) is 18.3 Å². The molecule has 0 radical (unpaired) electrons. The third-order valence-corrected chi connectivity index (χ3v) is 3.43. The van der Waals surface area contributed by atoms with Crippen LogP contribution in [0, 0.1) is 16.7 Å². The van der Waals surface area contributed by atoms with Crippen LogP contribution in [0.25, 0.3) is 0 Å². The van der Waals surface area contributed by atoms with Gasteiger partial charge in [-0.05, 0) is 37.1 Å². The largest absolute Gasteiger partial charge is 0.396 e. The number of hydrogen-bond donors (Lipinski definition) is 2. The quantitative estimate of drug-likeness (QED) is 0.810. The maximum atomic E-state index is 9.31. The minimum atomic E-state index is 0.0912. The lowest BCUT2D eigenvalue weighted by Crippen LogP contribution is -2.39. The summed E-state index contributed by atoms with van der Waals surface area (Å²) < 4.78 is 0. The summed E-state index contributed by atoms with van der Waals surface area (Å²) in [5.41, 5.74) is 1.78. The number of anilines is 1. The first-order valence-corrected chi connectivity index (χ1v) is 5.63. The second kappa shape index (κ2) is 4.54. The van der Waals surface area contributed by atoms with Gasteiger partial charge >= 0.3 is 0 Å². The number of nitrogens with zero attached hydrogens (tertiary/aromatic N) is 1. The lowest BCUT2D eigenvalue weighted by atomic mass is 9.69. The molecule has 1 aromatic carbocycles. The molecule has 2 N–H and O–H groups in total. The Morgan fingerprint density at radius 1 is 1.31 bits per heavy atom. The fraction of sp³-hybridized carbons (Fsp3) is 0.462. The predicted octanol–water partition coefficient (Wildman–Crippen LogP) is 2.13. The van der Waals surface area contributed by atoms with Gasteiger partial charge in [-0.2, -0.15) is 5.26 Å². The number of nitriles is 1. The van der Waals surface area contributed by atoms with Crippen LogP contribution in [0.1, 0.15) is 24.8 Å². The van der Waals surface area contributed by atoms with Crippen LogP contribution < -0.4 is 5.32 Å². The van der Waals surface area contributed by atoms with E-state index in [0.717, 1.165) is 25.1 Å². The van der Waals surface area contributed by atoms with Gasteiger partial charge in [-0.1, -0.05) is 6.42 Å². The van der Waals surface area contributed by atoms with Crippen molar-refractivity contribution in [2.24, 2.45) is 5.41 Å². The van der Waals surface area contributed by atoms with E-state index in [4.69, 9.17) is 5.26 Å². The van der Waals surface area contributed by atoms with Crippen molar-refractivity contribution in [3.05, 3.63) is 29.8 Å². The molecule has 0 aliphatic heterocycles. The van der Waals surface area contributed by atoms with Gasteiger partial charge in [0, 0.05) is 17.6 Å². The van der Waals surface area contributed by atoms with Crippen LogP contribution in [0.15, 0.2) is 24.3 Å². The lowest BCUT2D eigenvalue weighted by Gasteiger charge is -2.40. The molecule has 0 aromatic heterocycles. The highest BCUT2D eigenvalue weighted by molar-refractivity contribution is 5.47. The summed E-state index contributed by atoms with van der Waals surface area (Å²) in [4.78, 5) is 0. The molecule has 0 bridgehead atoms. The predicted molar refractivity (Wildman–Crippen MR) is 63.0 cm³/mol. The Kier molecular flexibility index (Phi) is 3.12. The van der Waals surface area contributed by atoms with Crippen LogP contribution in [0.2, 0.25) is 0 Å². The third kappa shape index (κ3) is 2.17. The van der Waals surface area contributed by atoms with Gasteiger partial charge in [0.15, 0.2) is 0 Å². The van der Waals surface area contributed by atoms with Gasteiger partial charge in [0.2, 0.25) is 0 Å². The Morgan fingerprint density at radius 3 is 2.44 bits per heavy atom. The molecule has 0 saturated heterocycles. The zero-order valence-corrected chi connectivity index (χ0v) is 9.24. The number of benzene rings is 1. The summed E-state index contributed by atoms with van der Waals surface area (Å²) in [6.45, 7) is 1.08. The number of nitrogens with one attached hydrogen (secondary N) is 1. The normalized spacial score (nSPS) is 17.2. The lowest BCUT2D eigenvalue weighted by molar-refractivity contribution is 0.0576. The van der Waals surface area contributed by atoms with Gasteiger partial charge in [-0.25, -0.2) is 0 Å². The Hall–Kier alpha value is -1.53. The van der Waals surface area contributed by atoms with E-state index in [1.54, 1.807) is 12.1 Å². The molecular weight excluding hydrogens is 200 g/mol. The SMILES string of the molecule is N#Cc1ccc(NCC2(CO)CCC2)cc1. The van der Waals surface area contributed by atoms with Crippen molar-refractivity contribution >= 4 is 5.69 Å². The maximum absolute atomic E-state index is 9.31. The molecule has 0 amide bonds. The molecule has 0 atom stereocenters. The molecule has 0 unspecified atom stereocenters. The van der Waals surface area contributed by atoms with E-state index in [1.807, 2.05) is 12.1 Å². The van der Waals surface area contributed by atoms with Gasteiger partial charge in [-0.3, -0.25) is 0 Å². The average Bonchev–Trinajstić information content (AvgIpc) is 2.29. The summed E-state index contributed by atoms with van der Waals surface area (Å²) in [5, 5.41) is 21.3. The molecule has 2 rings (SSSR count). The molecule has 3 heteroatoms. The first-order chi connectivity index (χ1) is 7.78. The molecule has 0 spiro atoms. The minimum absolute atomic E-state index is 0.0912. The molecule has 1 aromatic rings. The first kappa shape index (κ1) is 11.0. The van der Waals surface area contributed by atoms with Crippen molar-refractivity contribution in [3.8, 4) is 6.07 Å². The highest BCUT2D eigenvalue weighted by Crippen LogP contribution is 2.40. The number of aliphatic hydroxyl groups is 1. The Bertz CT molecular complexity index is 382. The molecule has 84 valence electrons. The molecule has 1 aliphatic carbocycles. The molecule has 1 fully saturated rings. The number of aliphatic hydroxyl groups excluding tert-OH is 1. The van der Waals surface area contributed by atoms with E-state index >= 15 is 0 Å². The molecular formula is C13H16N2O. The average molecular weight is 216 g/mol. The summed E-state index contributed by atoms with van der Waals surface area (Å²) >= 11 is 0. The van der Waals surface area contributed by atoms with E-state index in [9.17, 15) is 5.11 Å². The van der Waals surface area contributed by atoms with E-state index in [0.29, 0.717) is 5.56 Å². The van der Waals surface area contributed by atoms with Crippen molar-refractivity contribution in [2.45, 2.75) is 19.3 Å². The first-order valence-electron chi connectivity index (χ1n) is 5.63. The van der Waals surface area contributed by atoms with Gasteiger partial charge in [0.05, 0.1) is 18.2 Å². The monoisotopic (exact) mass is 216 g/mol. The molecule has 1 saturated carbocycles. The van der Waals surface area contributed by atoms with Gasteiger partial charge in [0.25, 0.3) is 0 Å². The molecule has 1 aliphatic rings. The topological polar surface area (TPSA) is 56.0 Å². The smallest absolute Gasteiger partial charge is 0.0991 e. The summed E-state index contributed by atoms with van der Waals surface area (Å²) in [6, 6.07) is 9.50. The van der Waals surface area contributed by atoms with E-state index < -0.39 is 0 Å². The number of rotatable bonds is 4. The summed E-state index contributed by atoms with van der Waals surface area (Å²) in [5.74, 6) is 0. The van der Waals surface area contributed by atoms with Crippen LogP contribution in [0.3, 0.4) is 0 Å². The highest BCUT2D eigenvalue weighted by atomic mass is 16.3. The third-order valence-electron chi connectivity index (χ3n) is 3.43. The number of hydrogen-bond acceptors (Lipinski definition) is 3. The fourth-order valence-corrected chi connectivity index (χ4v) is 2.02. The Morgan fingerprint density at radius 2 is 2.00 bits per heavy atom. The zero-order valence-electron chi connectivity index (χ0n) is 9.24. The van der Waals surface area contributed by atoms with Gasteiger partial charge < -0.3 is 10.4 Å². The van der Waals surface area contributed by atoms with Crippen LogP contribution in [0.5, 0.6) is 0 Å². The van der Waals surface area contributed by atoms with Gasteiger partial charge in [0.1, 0.15) is 0 Å². The zero-order chi connectivity index (χ0) is 11.4. The van der Waals surface area contributed by atoms with E-state index in [1.165, 1.54) is 6.42 Å². The fourth-order valence-electron chi connectivity index (χ4n) is 2.02. The Balaban J connectivity index is 1.92. The van der Waals surface area contributed by atoms with Crippen molar-refractivity contribution in [1.82, 2.24) is 0 Å². The van der Waals surface area contributed by atoms with E-state index in [-0.39, 0.29) is 12.0 Å². The maximum Gasteiger partial charge on any atom is 0.0991 e. The van der Waals surface area contributed by atoms with Crippen LogP contribution in [-0.2, 0) is 0 Å². The molecule has 0 heterocycles. The second-order valence-electron chi connectivity index (χ2n) is 4.55.